The third kappa shape index (κ3) is 12.0. The van der Waals surface area contributed by atoms with Crippen molar-refractivity contribution in [2.45, 2.75) is 52.9 Å². The molecule has 18 nitrogen and oxygen atoms in total. The monoisotopic (exact) mass is 985 g/mol. The minimum atomic E-state index is -0.0176. The first-order chi connectivity index (χ1) is 34.8. The third-order valence-corrected chi connectivity index (χ3v) is 13.6. The van der Waals surface area contributed by atoms with Crippen molar-refractivity contribution in [2.24, 2.45) is 11.3 Å². The average molecular weight is 985 g/mol. The molecule has 0 aliphatic carbocycles. The zero-order valence-corrected chi connectivity index (χ0v) is 42.6. The van der Waals surface area contributed by atoms with Crippen molar-refractivity contribution in [2.75, 3.05) is 115 Å². The number of hydrogen-bond acceptors (Lipinski definition) is 16. The number of carbonyl (C=O) groups is 2. The molecule has 2 saturated heterocycles. The van der Waals surface area contributed by atoms with E-state index in [9.17, 15) is 9.59 Å². The number of ether oxygens (including phenoxy) is 6. The summed E-state index contributed by atoms with van der Waals surface area (Å²) in [7, 11) is 6.31. The third-order valence-electron chi connectivity index (χ3n) is 13.6. The van der Waals surface area contributed by atoms with Gasteiger partial charge in [-0.15, -0.1) is 0 Å². The molecule has 72 heavy (non-hydrogen) atoms. The van der Waals surface area contributed by atoms with Gasteiger partial charge in [-0.25, -0.2) is 9.97 Å². The molecule has 2 amide bonds. The summed E-state index contributed by atoms with van der Waals surface area (Å²) in [5, 5.41) is 1.38. The fraction of sp³-hybridized carbons (Fsp3) is 0.444. The van der Waals surface area contributed by atoms with Crippen LogP contribution in [-0.4, -0.2) is 136 Å². The molecule has 0 bridgehead atoms. The van der Waals surface area contributed by atoms with Gasteiger partial charge in [-0.2, -0.15) is 9.97 Å². The Morgan fingerprint density at radius 2 is 0.958 bits per heavy atom. The van der Waals surface area contributed by atoms with E-state index in [1.54, 1.807) is 52.7 Å². The Bertz CT molecular complexity index is 2830. The Labute approximate surface area is 421 Å². The molecular weight excluding hydrogens is 917 g/mol. The minimum absolute atomic E-state index is 0.0171. The van der Waals surface area contributed by atoms with E-state index in [-0.39, 0.29) is 17.2 Å². The molecule has 4 heterocycles. The van der Waals surface area contributed by atoms with Crippen LogP contribution < -0.4 is 49.7 Å². The molecule has 1 atom stereocenters. The maximum absolute atomic E-state index is 13.4. The molecule has 0 radical (unpaired) electrons. The van der Waals surface area contributed by atoms with Crippen molar-refractivity contribution >= 4 is 57.2 Å². The van der Waals surface area contributed by atoms with E-state index < -0.39 is 0 Å². The molecule has 2 fully saturated rings. The molecule has 2 aliphatic rings. The molecule has 4 N–H and O–H groups in total. The number of rotatable bonds is 20. The van der Waals surface area contributed by atoms with Crippen molar-refractivity contribution in [1.29, 1.82) is 0 Å². The van der Waals surface area contributed by atoms with Gasteiger partial charge in [-0.3, -0.25) is 9.59 Å². The van der Waals surface area contributed by atoms with Crippen LogP contribution in [0.5, 0.6) is 34.5 Å². The second-order valence-electron chi connectivity index (χ2n) is 19.3. The van der Waals surface area contributed by atoms with E-state index in [2.05, 4.69) is 30.7 Å². The summed E-state index contributed by atoms with van der Waals surface area (Å²) in [6, 6.07) is 22.0. The van der Waals surface area contributed by atoms with Crippen molar-refractivity contribution in [3.05, 3.63) is 83.9 Å². The van der Waals surface area contributed by atoms with Gasteiger partial charge in [-0.05, 0) is 104 Å². The molecule has 18 heteroatoms. The zero-order chi connectivity index (χ0) is 50.9. The quantitative estimate of drug-likeness (QED) is 0.0701. The van der Waals surface area contributed by atoms with Crippen LogP contribution in [0.25, 0.3) is 21.8 Å². The molecule has 4 aromatic carbocycles. The Balaban J connectivity index is 0.699. The Morgan fingerprint density at radius 1 is 0.569 bits per heavy atom. The van der Waals surface area contributed by atoms with E-state index in [4.69, 9.17) is 49.9 Å². The average Bonchev–Trinajstić information content (AvgIpc) is 3.40. The van der Waals surface area contributed by atoms with E-state index in [0.717, 1.165) is 43.6 Å². The summed E-state index contributed by atoms with van der Waals surface area (Å²) in [4.78, 5) is 53.3. The number of methoxy groups -OCH3 is 4. The van der Waals surface area contributed by atoms with Gasteiger partial charge in [-0.1, -0.05) is 20.8 Å². The highest BCUT2D eigenvalue weighted by Gasteiger charge is 2.27. The Morgan fingerprint density at radius 3 is 1.36 bits per heavy atom. The Kier molecular flexibility index (Phi) is 16.0. The van der Waals surface area contributed by atoms with Gasteiger partial charge in [0.25, 0.3) is 11.8 Å². The standard InChI is InChI=1S/C54H68N10O8/c1-35(10-8-28-71-38-15-11-36(12-16-38)50(65)61-20-24-63(25-21-61)52-57-42-32-46(69-6)44(67-4)30-40(42)48(55)59-52)34-54(2,3)19-9-29-72-39-17-13-37(14-18-39)51(66)62-22-26-64(27-23-62)53-58-43-33-47(70-7)45(68-5)31-41(43)49(56)60-53/h11-18,30-33,35H,8-10,19-29,34H2,1-7H3,(H2,55,57,59)(H2,56,58,60). The van der Waals surface area contributed by atoms with E-state index in [0.29, 0.717) is 151 Å². The predicted molar refractivity (Wildman–Crippen MR) is 280 cm³/mol. The Hall–Kier alpha value is -7.50. The smallest absolute Gasteiger partial charge is 0.253 e. The summed E-state index contributed by atoms with van der Waals surface area (Å²) >= 11 is 0. The van der Waals surface area contributed by atoms with Crippen LogP contribution in [0.1, 0.15) is 73.6 Å². The molecule has 1 unspecified atom stereocenters. The number of amides is 2. The highest BCUT2D eigenvalue weighted by molar-refractivity contribution is 5.96. The van der Waals surface area contributed by atoms with Gasteiger partial charge >= 0.3 is 0 Å². The summed E-state index contributed by atoms with van der Waals surface area (Å²) < 4.78 is 33.9. The van der Waals surface area contributed by atoms with Crippen molar-refractivity contribution < 1.29 is 38.0 Å². The number of piperazine rings is 2. The van der Waals surface area contributed by atoms with Crippen LogP contribution in [0.2, 0.25) is 0 Å². The first-order valence-electron chi connectivity index (χ1n) is 24.7. The normalized spacial score (nSPS) is 14.6. The van der Waals surface area contributed by atoms with Gasteiger partial charge in [0, 0.05) is 86.4 Å². The number of benzene rings is 4. The fourth-order valence-electron chi connectivity index (χ4n) is 9.70. The number of fused-ring (bicyclic) bond motifs is 2. The van der Waals surface area contributed by atoms with Gasteiger partial charge in [0.15, 0.2) is 23.0 Å². The van der Waals surface area contributed by atoms with Crippen molar-refractivity contribution in [3.63, 3.8) is 0 Å². The number of hydrogen-bond donors (Lipinski definition) is 2. The largest absolute Gasteiger partial charge is 0.494 e. The number of nitrogens with zero attached hydrogens (tertiary/aromatic N) is 8. The molecule has 2 aromatic heterocycles. The second kappa shape index (κ2) is 22.7. The van der Waals surface area contributed by atoms with Gasteiger partial charge in [0.05, 0.1) is 52.7 Å². The molecule has 0 spiro atoms. The lowest BCUT2D eigenvalue weighted by Gasteiger charge is -2.35. The maximum atomic E-state index is 13.4. The lowest BCUT2D eigenvalue weighted by Crippen LogP contribution is -2.49. The topological polar surface area (TPSA) is 206 Å². The summed E-state index contributed by atoms with van der Waals surface area (Å²) in [5.74, 6) is 6.02. The number of aromatic nitrogens is 4. The van der Waals surface area contributed by atoms with Crippen LogP contribution >= 0.6 is 0 Å². The molecule has 0 saturated carbocycles. The number of anilines is 4. The second-order valence-corrected chi connectivity index (χ2v) is 19.3. The molecule has 8 rings (SSSR count). The van der Waals surface area contributed by atoms with Crippen LogP contribution in [-0.2, 0) is 0 Å². The predicted octanol–water partition coefficient (Wildman–Crippen LogP) is 7.77. The summed E-state index contributed by atoms with van der Waals surface area (Å²) in [5.41, 5.74) is 15.4. The summed E-state index contributed by atoms with van der Waals surface area (Å²) in [6.45, 7) is 12.6. The minimum Gasteiger partial charge on any atom is -0.494 e. The SMILES string of the molecule is COc1cc2nc(N3CCN(C(=O)c4ccc(OCCCC(C)CC(C)(C)CCCOc5ccc(C(=O)N6CCN(c7nc(N)c8cc(OC)c(OC)cc8n7)CC6)cc5)cc4)CC3)nc(N)c2cc1OC. The summed E-state index contributed by atoms with van der Waals surface area (Å²) in [6.07, 6.45) is 5.07. The maximum Gasteiger partial charge on any atom is 0.253 e. The van der Waals surface area contributed by atoms with E-state index >= 15 is 0 Å². The molecule has 2 aliphatic heterocycles. The molecule has 6 aromatic rings. The van der Waals surface area contributed by atoms with E-state index in [1.165, 1.54) is 0 Å². The number of carbonyl (C=O) groups excluding carboxylic acids is 2. The number of nitrogen functional groups attached to an aromatic ring is 2. The van der Waals surface area contributed by atoms with E-state index in [1.807, 2.05) is 68.1 Å². The lowest BCUT2D eigenvalue weighted by molar-refractivity contribution is 0.0738. The van der Waals surface area contributed by atoms with Crippen molar-refractivity contribution in [3.8, 4) is 34.5 Å². The van der Waals surface area contributed by atoms with Crippen LogP contribution in [0, 0.1) is 11.3 Å². The molecule has 382 valence electrons. The molecular formula is C54H68N10O8. The van der Waals surface area contributed by atoms with Gasteiger partial charge in [0.1, 0.15) is 23.1 Å². The fourth-order valence-corrected chi connectivity index (χ4v) is 9.70. The van der Waals surface area contributed by atoms with Crippen LogP contribution in [0.4, 0.5) is 23.5 Å². The van der Waals surface area contributed by atoms with Crippen molar-refractivity contribution in [1.82, 2.24) is 29.7 Å². The van der Waals surface area contributed by atoms with Gasteiger partial charge < -0.3 is 59.5 Å². The first kappa shape index (κ1) is 50.9. The highest BCUT2D eigenvalue weighted by Crippen LogP contribution is 2.37. The zero-order valence-electron chi connectivity index (χ0n) is 42.6. The first-order valence-corrected chi connectivity index (χ1v) is 24.7. The van der Waals surface area contributed by atoms with Crippen LogP contribution in [0.3, 0.4) is 0 Å². The number of nitrogens with two attached hydrogens (primary N) is 2. The highest BCUT2D eigenvalue weighted by atomic mass is 16.5. The lowest BCUT2D eigenvalue weighted by atomic mass is 9.78. The van der Waals surface area contributed by atoms with Crippen LogP contribution in [0.15, 0.2) is 72.8 Å². The van der Waals surface area contributed by atoms with Gasteiger partial charge in [0.2, 0.25) is 11.9 Å².